The molecule has 190 valence electrons. The van der Waals surface area contributed by atoms with Crippen LogP contribution in [0.3, 0.4) is 0 Å². The monoisotopic (exact) mass is 512 g/mol. The van der Waals surface area contributed by atoms with E-state index in [-0.39, 0.29) is 22.8 Å². The molecule has 1 aliphatic heterocycles. The largest absolute Gasteiger partial charge is 0.646 e. The molecule has 36 heavy (non-hydrogen) atoms. The van der Waals surface area contributed by atoms with E-state index in [1.165, 1.54) is 6.08 Å². The Hall–Kier alpha value is -3.51. The minimum absolute atomic E-state index is 0.132. The van der Waals surface area contributed by atoms with E-state index in [2.05, 4.69) is 0 Å². The second-order valence-corrected chi connectivity index (χ2v) is 10.9. The summed E-state index contributed by atoms with van der Waals surface area (Å²) >= 11 is 0. The molecule has 0 saturated carbocycles. The molecule has 0 bridgehead atoms. The van der Waals surface area contributed by atoms with Crippen LogP contribution in [0.1, 0.15) is 40.0 Å². The van der Waals surface area contributed by atoms with Gasteiger partial charge in [-0.05, 0) is 64.0 Å². The summed E-state index contributed by atoms with van der Waals surface area (Å²) in [6, 6.07) is 17.0. The number of hydrogen-bond donors (Lipinski definition) is 0. The third kappa shape index (κ3) is 6.58. The Morgan fingerprint density at radius 3 is 2.03 bits per heavy atom. The molecule has 0 aromatic heterocycles. The van der Waals surface area contributed by atoms with Gasteiger partial charge in [-0.3, -0.25) is 0 Å². The van der Waals surface area contributed by atoms with E-state index < -0.39 is 37.4 Å². The van der Waals surface area contributed by atoms with E-state index >= 15 is 0 Å². The average molecular weight is 512 g/mol. The van der Waals surface area contributed by atoms with Gasteiger partial charge >= 0.3 is 19.8 Å². The number of rotatable bonds is 8. The number of allylic oxidation sites excluding steroid dienone is 1. The van der Waals surface area contributed by atoms with Gasteiger partial charge < -0.3 is 23.0 Å². The second-order valence-electron chi connectivity index (χ2n) is 9.45. The van der Waals surface area contributed by atoms with Gasteiger partial charge in [0.25, 0.3) is 0 Å². The van der Waals surface area contributed by atoms with Crippen LogP contribution in [0, 0.1) is 5.92 Å². The maximum atomic E-state index is 14.0. The molecule has 0 N–H and O–H groups in total. The summed E-state index contributed by atoms with van der Waals surface area (Å²) in [5.74, 6) is -0.973. The fraction of sp³-hybridized carbons (Fsp3) is 0.333. The van der Waals surface area contributed by atoms with Gasteiger partial charge in [-0.15, -0.1) is 0 Å². The Bertz CT molecular complexity index is 1150. The van der Waals surface area contributed by atoms with Crippen molar-refractivity contribution in [3.8, 4) is 11.5 Å². The highest BCUT2D eigenvalue weighted by atomic mass is 31.2. The topological polar surface area (TPSA) is 97.4 Å². The zero-order chi connectivity index (χ0) is 25.8. The number of carbonyl (C=O) groups is 2. The molecule has 1 aliphatic carbocycles. The van der Waals surface area contributed by atoms with E-state index in [0.717, 1.165) is 0 Å². The van der Waals surface area contributed by atoms with Crippen molar-refractivity contribution in [2.24, 2.45) is 5.92 Å². The molecule has 0 spiro atoms. The van der Waals surface area contributed by atoms with Crippen molar-refractivity contribution in [3.63, 3.8) is 0 Å². The van der Waals surface area contributed by atoms with Gasteiger partial charge in [0.1, 0.15) is 29.0 Å². The first-order chi connectivity index (χ1) is 17.1. The summed E-state index contributed by atoms with van der Waals surface area (Å²) in [4.78, 5) is 25.1. The normalized spacial score (nSPS) is 20.0. The van der Waals surface area contributed by atoms with Crippen molar-refractivity contribution in [1.29, 1.82) is 0 Å². The molecule has 0 radical (unpaired) electrons. The van der Waals surface area contributed by atoms with E-state index in [4.69, 9.17) is 23.0 Å². The predicted octanol–water partition coefficient (Wildman–Crippen LogP) is 6.15. The first kappa shape index (κ1) is 25.6. The Morgan fingerprint density at radius 2 is 1.53 bits per heavy atom. The summed E-state index contributed by atoms with van der Waals surface area (Å²) in [5.41, 5.74) is -0.626. The molecule has 2 aromatic carbocycles. The molecule has 2 aromatic rings. The van der Waals surface area contributed by atoms with Gasteiger partial charge in [0.15, 0.2) is 0 Å². The summed E-state index contributed by atoms with van der Waals surface area (Å²) in [7, 11) is -4.32. The molecule has 0 fully saturated rings. The van der Waals surface area contributed by atoms with Gasteiger partial charge in [0.2, 0.25) is 0 Å². The number of phosphoric acid groups is 1. The summed E-state index contributed by atoms with van der Waals surface area (Å²) in [6.07, 6.45) is 3.73. The maximum absolute atomic E-state index is 14.0. The highest BCUT2D eigenvalue weighted by Crippen LogP contribution is 2.53. The van der Waals surface area contributed by atoms with E-state index in [1.807, 2.05) is 0 Å². The number of para-hydroxylation sites is 2. The van der Waals surface area contributed by atoms with Crippen LogP contribution in [-0.2, 0) is 28.2 Å². The van der Waals surface area contributed by atoms with Gasteiger partial charge in [-0.1, -0.05) is 36.4 Å². The van der Waals surface area contributed by atoms with Crippen LogP contribution in [-0.4, -0.2) is 23.6 Å². The molecular weight excluding hydrogens is 483 g/mol. The quantitative estimate of drug-likeness (QED) is 0.307. The van der Waals surface area contributed by atoms with Crippen molar-refractivity contribution >= 4 is 19.8 Å². The van der Waals surface area contributed by atoms with E-state index in [1.54, 1.807) is 87.5 Å². The number of cyclic esters (lactones) is 1. The lowest BCUT2D eigenvalue weighted by Gasteiger charge is -2.32. The first-order valence-electron chi connectivity index (χ1n) is 11.8. The number of carbonyl (C=O) groups excluding carboxylic acids is 2. The highest BCUT2D eigenvalue weighted by molar-refractivity contribution is 7.49. The van der Waals surface area contributed by atoms with Crippen molar-refractivity contribution in [2.75, 3.05) is 0 Å². The number of hydrogen-bond acceptors (Lipinski definition) is 8. The van der Waals surface area contributed by atoms with Gasteiger partial charge in [-0.2, -0.15) is 4.57 Å². The molecule has 2 atom stereocenters. The first-order valence-corrected chi connectivity index (χ1v) is 13.2. The molecule has 0 amide bonds. The smallest absolute Gasteiger partial charge is 0.457 e. The SMILES string of the molecule is CC(C)(C)OC(=O)C1=C(OP(=O)(Oc2ccccc2)Oc2ccccc2)CCC[C@@H]1[C@H]1C=CC(=O)O1. The molecule has 8 nitrogen and oxygen atoms in total. The number of benzene rings is 2. The predicted molar refractivity (Wildman–Crippen MR) is 132 cm³/mol. The van der Waals surface area contributed by atoms with Crippen LogP contribution in [0.25, 0.3) is 0 Å². The lowest BCUT2D eigenvalue weighted by Crippen LogP contribution is -2.34. The summed E-state index contributed by atoms with van der Waals surface area (Å²) < 4.78 is 42.5. The molecule has 4 rings (SSSR count). The van der Waals surface area contributed by atoms with Crippen molar-refractivity contribution < 1.29 is 37.2 Å². The number of phosphoric ester groups is 1. The highest BCUT2D eigenvalue weighted by Gasteiger charge is 2.43. The van der Waals surface area contributed by atoms with Crippen molar-refractivity contribution in [1.82, 2.24) is 0 Å². The van der Waals surface area contributed by atoms with Gasteiger partial charge in [-0.25, -0.2) is 9.59 Å². The Morgan fingerprint density at radius 1 is 0.944 bits per heavy atom. The van der Waals surface area contributed by atoms with Crippen LogP contribution in [0.2, 0.25) is 0 Å². The lowest BCUT2D eigenvalue weighted by molar-refractivity contribution is -0.153. The zero-order valence-corrected chi connectivity index (χ0v) is 21.3. The van der Waals surface area contributed by atoms with Crippen molar-refractivity contribution in [3.05, 3.63) is 84.1 Å². The van der Waals surface area contributed by atoms with E-state index in [9.17, 15) is 14.2 Å². The van der Waals surface area contributed by atoms with Crippen LogP contribution in [0.15, 0.2) is 84.1 Å². The fourth-order valence-electron chi connectivity index (χ4n) is 4.00. The molecule has 2 aliphatic rings. The summed E-state index contributed by atoms with van der Waals surface area (Å²) in [6.45, 7) is 5.25. The molecule has 0 unspecified atom stereocenters. The molecule has 9 heteroatoms. The zero-order valence-electron chi connectivity index (χ0n) is 20.4. The molecule has 1 heterocycles. The van der Waals surface area contributed by atoms with E-state index in [0.29, 0.717) is 19.3 Å². The third-order valence-corrected chi connectivity index (χ3v) is 6.74. The second kappa shape index (κ2) is 10.6. The van der Waals surface area contributed by atoms with Crippen LogP contribution in [0.5, 0.6) is 11.5 Å². The van der Waals surface area contributed by atoms with Crippen LogP contribution < -0.4 is 9.05 Å². The number of esters is 2. The maximum Gasteiger partial charge on any atom is 0.646 e. The Kier molecular flexibility index (Phi) is 7.55. The molecular formula is C27H29O8P. The Balaban J connectivity index is 1.73. The molecule has 0 saturated heterocycles. The lowest BCUT2D eigenvalue weighted by atomic mass is 9.82. The standard InChI is InChI=1S/C27H29O8P/c1-27(2,3)32-26(29)25-21(22-17-18-24(28)31-22)15-10-16-23(25)35-36(30,33-19-11-6-4-7-12-19)34-20-13-8-5-9-14-20/h4-9,11-14,17-18,21-22H,10,15-16H2,1-3H3/t21-,22-/m1/s1. The minimum Gasteiger partial charge on any atom is -0.457 e. The average Bonchev–Trinajstić information content (AvgIpc) is 3.25. The third-order valence-electron chi connectivity index (χ3n) is 5.42. The number of ether oxygens (including phenoxy) is 2. The van der Waals surface area contributed by atoms with Crippen LogP contribution >= 0.6 is 7.82 Å². The summed E-state index contributed by atoms with van der Waals surface area (Å²) in [5, 5.41) is 0. The fourth-order valence-corrected chi connectivity index (χ4v) is 5.34. The van der Waals surface area contributed by atoms with Crippen molar-refractivity contribution in [2.45, 2.75) is 51.7 Å². The van der Waals surface area contributed by atoms with Gasteiger partial charge in [0, 0.05) is 18.4 Å². The van der Waals surface area contributed by atoms with Crippen LogP contribution in [0.4, 0.5) is 0 Å². The van der Waals surface area contributed by atoms with Gasteiger partial charge in [0.05, 0.1) is 5.57 Å². The minimum atomic E-state index is -4.32. The Labute approximate surface area is 210 Å².